The van der Waals surface area contributed by atoms with E-state index in [-0.39, 0.29) is 17.0 Å². The molecule has 3 aliphatic heterocycles. The molecule has 0 amide bonds. The smallest absolute Gasteiger partial charge is 0.246 e. The van der Waals surface area contributed by atoms with E-state index in [0.29, 0.717) is 24.8 Å². The molecule has 3 heterocycles. The molecule has 2 bridgehead atoms. The van der Waals surface area contributed by atoms with Gasteiger partial charge in [-0.2, -0.15) is 4.31 Å². The molecule has 3 aromatic carbocycles. The summed E-state index contributed by atoms with van der Waals surface area (Å²) in [6.45, 7) is 0.881. The van der Waals surface area contributed by atoms with Crippen LogP contribution in [0.3, 0.4) is 0 Å². The molecule has 0 spiro atoms. The van der Waals surface area contributed by atoms with Crippen molar-refractivity contribution in [3.05, 3.63) is 78.4 Å². The van der Waals surface area contributed by atoms with Gasteiger partial charge >= 0.3 is 0 Å². The van der Waals surface area contributed by atoms with Gasteiger partial charge in [0.15, 0.2) is 0 Å². The van der Waals surface area contributed by atoms with E-state index in [1.807, 2.05) is 24.3 Å². The second-order valence-electron chi connectivity index (χ2n) is 8.20. The molecule has 0 saturated carbocycles. The maximum absolute atomic E-state index is 13.2. The lowest BCUT2D eigenvalue weighted by molar-refractivity contribution is 0.101. The van der Waals surface area contributed by atoms with Crippen molar-refractivity contribution in [1.82, 2.24) is 9.62 Å². The van der Waals surface area contributed by atoms with Crippen LogP contribution in [0.1, 0.15) is 11.5 Å². The van der Waals surface area contributed by atoms with Gasteiger partial charge in [0.1, 0.15) is 16.4 Å². The van der Waals surface area contributed by atoms with Crippen LogP contribution in [-0.2, 0) is 10.0 Å². The fourth-order valence-corrected chi connectivity index (χ4v) is 6.54. The third kappa shape index (κ3) is 3.46. The third-order valence-electron chi connectivity index (χ3n) is 6.50. The van der Waals surface area contributed by atoms with Crippen LogP contribution in [-0.4, -0.2) is 52.1 Å². The van der Waals surface area contributed by atoms with Crippen LogP contribution in [0.25, 0.3) is 11.1 Å². The molecule has 6 rings (SSSR count). The molecule has 166 valence electrons. The number of ether oxygens (including phenoxy) is 2. The first-order valence-electron chi connectivity index (χ1n) is 10.7. The number of nitrogens with zero attached hydrogens (tertiary/aromatic N) is 1. The molecule has 3 aromatic rings. The molecule has 7 heteroatoms. The van der Waals surface area contributed by atoms with Gasteiger partial charge in [0.25, 0.3) is 0 Å². The Bertz CT molecular complexity index is 1210. The van der Waals surface area contributed by atoms with Crippen LogP contribution in [0.2, 0.25) is 0 Å². The lowest BCUT2D eigenvalue weighted by Crippen LogP contribution is -2.72. The standard InChI is InChI=1S/C25H26N2O4S/c1-30-22-8-4-3-7-19(22)17-11-13-18(14-12-17)25-20-15-27(16-21(25)26-20)32(28,29)24-10-6-5-9-23(24)31-2/h3-14,20-21,25-26H,15-16H2,1-2H3/t20-,21+,25?. The molecule has 0 aliphatic carbocycles. The summed E-state index contributed by atoms with van der Waals surface area (Å²) < 4.78 is 38.8. The first kappa shape index (κ1) is 21.0. The fourth-order valence-electron chi connectivity index (χ4n) is 4.89. The van der Waals surface area contributed by atoms with Gasteiger partial charge in [-0.15, -0.1) is 0 Å². The second kappa shape index (κ2) is 8.24. The van der Waals surface area contributed by atoms with Crippen molar-refractivity contribution < 1.29 is 17.9 Å². The molecule has 0 aromatic heterocycles. The van der Waals surface area contributed by atoms with E-state index in [4.69, 9.17) is 9.47 Å². The number of sulfonamides is 1. The average Bonchev–Trinajstić information content (AvgIpc) is 2.84. The van der Waals surface area contributed by atoms with Gasteiger partial charge in [-0.1, -0.05) is 54.6 Å². The quantitative estimate of drug-likeness (QED) is 0.623. The monoisotopic (exact) mass is 450 g/mol. The van der Waals surface area contributed by atoms with E-state index >= 15 is 0 Å². The summed E-state index contributed by atoms with van der Waals surface area (Å²) in [5, 5.41) is 3.52. The SMILES string of the molecule is COc1ccccc1-c1ccc(C2[C@@H]3CN(S(=O)(=O)c4ccccc4OC)C[C@H]2N3)cc1. The summed E-state index contributed by atoms with van der Waals surface area (Å²) in [6.07, 6.45) is 0. The van der Waals surface area contributed by atoms with Gasteiger partial charge in [-0.05, 0) is 29.3 Å². The summed E-state index contributed by atoms with van der Waals surface area (Å²) >= 11 is 0. The van der Waals surface area contributed by atoms with E-state index in [1.165, 1.54) is 12.7 Å². The Labute approximate surface area is 188 Å². The number of benzene rings is 3. The lowest BCUT2D eigenvalue weighted by Gasteiger charge is -2.54. The molecule has 3 aliphatic rings. The summed E-state index contributed by atoms with van der Waals surface area (Å²) in [4.78, 5) is 0.224. The van der Waals surface area contributed by atoms with Crippen LogP contribution in [0, 0.1) is 0 Å². The van der Waals surface area contributed by atoms with E-state index in [1.54, 1.807) is 35.7 Å². The Hall–Kier alpha value is -2.87. The normalized spacial score (nSPS) is 22.8. The van der Waals surface area contributed by atoms with Crippen molar-refractivity contribution in [2.24, 2.45) is 0 Å². The summed E-state index contributed by atoms with van der Waals surface area (Å²) in [6, 6.07) is 23.5. The number of nitrogens with one attached hydrogen (secondary N) is 1. The summed E-state index contributed by atoms with van der Waals surface area (Å²) in [5.41, 5.74) is 3.39. The van der Waals surface area contributed by atoms with Gasteiger partial charge in [0, 0.05) is 36.7 Å². The van der Waals surface area contributed by atoms with E-state index in [0.717, 1.165) is 16.9 Å². The van der Waals surface area contributed by atoms with Crippen molar-refractivity contribution in [3.8, 4) is 22.6 Å². The molecular weight excluding hydrogens is 424 g/mol. The minimum absolute atomic E-state index is 0.0929. The van der Waals surface area contributed by atoms with Crippen LogP contribution >= 0.6 is 0 Å². The van der Waals surface area contributed by atoms with Crippen LogP contribution < -0.4 is 14.8 Å². The van der Waals surface area contributed by atoms with E-state index in [2.05, 4.69) is 29.6 Å². The number of fused-ring (bicyclic) bond motifs is 2. The first-order chi connectivity index (χ1) is 15.5. The highest BCUT2D eigenvalue weighted by molar-refractivity contribution is 7.89. The van der Waals surface area contributed by atoms with Gasteiger partial charge in [-0.3, -0.25) is 0 Å². The highest BCUT2D eigenvalue weighted by Gasteiger charge is 2.50. The topological polar surface area (TPSA) is 67.9 Å². The molecule has 3 saturated heterocycles. The Kier molecular flexibility index (Phi) is 5.41. The van der Waals surface area contributed by atoms with Crippen molar-refractivity contribution in [3.63, 3.8) is 0 Å². The number of rotatable bonds is 6. The maximum Gasteiger partial charge on any atom is 0.246 e. The van der Waals surface area contributed by atoms with Crippen LogP contribution in [0.4, 0.5) is 0 Å². The number of hydrogen-bond donors (Lipinski definition) is 1. The third-order valence-corrected chi connectivity index (χ3v) is 8.37. The van der Waals surface area contributed by atoms with Gasteiger partial charge in [0.2, 0.25) is 10.0 Å². The highest BCUT2D eigenvalue weighted by atomic mass is 32.2. The fraction of sp³-hybridized carbons (Fsp3) is 0.280. The van der Waals surface area contributed by atoms with Gasteiger partial charge < -0.3 is 14.8 Å². The van der Waals surface area contributed by atoms with E-state index in [9.17, 15) is 8.42 Å². The molecule has 3 atom stereocenters. The van der Waals surface area contributed by atoms with Crippen molar-refractivity contribution >= 4 is 10.0 Å². The molecular formula is C25H26N2O4S. The lowest BCUT2D eigenvalue weighted by atomic mass is 9.75. The van der Waals surface area contributed by atoms with Crippen molar-refractivity contribution in [2.75, 3.05) is 27.3 Å². The zero-order chi connectivity index (χ0) is 22.3. The number of para-hydroxylation sites is 2. The molecule has 1 N–H and O–H groups in total. The zero-order valence-electron chi connectivity index (χ0n) is 18.1. The maximum atomic E-state index is 13.2. The zero-order valence-corrected chi connectivity index (χ0v) is 18.9. The summed E-state index contributed by atoms with van der Waals surface area (Å²) in [7, 11) is -0.435. The Balaban J connectivity index is 1.34. The minimum atomic E-state index is -3.61. The average molecular weight is 451 g/mol. The summed E-state index contributed by atoms with van der Waals surface area (Å²) in [5.74, 6) is 1.52. The van der Waals surface area contributed by atoms with Gasteiger partial charge in [0.05, 0.1) is 14.2 Å². The van der Waals surface area contributed by atoms with Crippen LogP contribution in [0.15, 0.2) is 77.7 Å². The minimum Gasteiger partial charge on any atom is -0.496 e. The number of piperidine rings is 1. The number of methoxy groups -OCH3 is 2. The van der Waals surface area contributed by atoms with Crippen molar-refractivity contribution in [2.45, 2.75) is 22.9 Å². The number of piperazine rings is 1. The Morgan fingerprint density at radius 1 is 0.812 bits per heavy atom. The number of hydrogen-bond acceptors (Lipinski definition) is 5. The molecule has 1 unspecified atom stereocenters. The van der Waals surface area contributed by atoms with Crippen LogP contribution in [0.5, 0.6) is 11.5 Å². The molecule has 6 nitrogen and oxygen atoms in total. The predicted octanol–water partition coefficient (Wildman–Crippen LogP) is 3.50. The molecule has 0 radical (unpaired) electrons. The Morgan fingerprint density at radius 2 is 1.41 bits per heavy atom. The molecule has 3 fully saturated rings. The molecule has 32 heavy (non-hydrogen) atoms. The Morgan fingerprint density at radius 3 is 2.06 bits per heavy atom. The van der Waals surface area contributed by atoms with E-state index < -0.39 is 10.0 Å². The van der Waals surface area contributed by atoms with Gasteiger partial charge in [-0.25, -0.2) is 8.42 Å². The first-order valence-corrected chi connectivity index (χ1v) is 12.1. The highest BCUT2D eigenvalue weighted by Crippen LogP contribution is 2.40. The van der Waals surface area contributed by atoms with Crippen molar-refractivity contribution in [1.29, 1.82) is 0 Å². The predicted molar refractivity (Wildman–Crippen MR) is 124 cm³/mol. The largest absolute Gasteiger partial charge is 0.496 e. The second-order valence-corrected chi connectivity index (χ2v) is 10.1.